The SMILES string of the molecule is Cc1nnc(NC(=O)NC(CCC(=O)O)Cc2ccccc2)s1. The third kappa shape index (κ3) is 6.03. The predicted molar refractivity (Wildman–Crippen MR) is 87.6 cm³/mol. The summed E-state index contributed by atoms with van der Waals surface area (Å²) in [5.41, 5.74) is 1.04. The van der Waals surface area contributed by atoms with E-state index in [1.165, 1.54) is 11.3 Å². The summed E-state index contributed by atoms with van der Waals surface area (Å²) in [6, 6.07) is 8.94. The van der Waals surface area contributed by atoms with E-state index in [-0.39, 0.29) is 12.5 Å². The van der Waals surface area contributed by atoms with Crippen molar-refractivity contribution in [3.8, 4) is 0 Å². The van der Waals surface area contributed by atoms with Crippen LogP contribution in [0, 0.1) is 6.92 Å². The minimum atomic E-state index is -0.884. The summed E-state index contributed by atoms with van der Waals surface area (Å²) in [6.45, 7) is 1.80. The zero-order valence-corrected chi connectivity index (χ0v) is 13.5. The Kier molecular flexibility index (Phi) is 6.04. The number of nitrogens with one attached hydrogen (secondary N) is 2. The third-order valence-electron chi connectivity index (χ3n) is 3.11. The molecule has 0 bridgehead atoms. The van der Waals surface area contributed by atoms with Crippen LogP contribution in [0.2, 0.25) is 0 Å². The number of hydrogen-bond acceptors (Lipinski definition) is 5. The summed E-state index contributed by atoms with van der Waals surface area (Å²) in [5.74, 6) is -0.884. The van der Waals surface area contributed by atoms with Gasteiger partial charge < -0.3 is 10.4 Å². The van der Waals surface area contributed by atoms with E-state index in [1.807, 2.05) is 30.3 Å². The van der Waals surface area contributed by atoms with Gasteiger partial charge in [0.1, 0.15) is 5.01 Å². The second-order valence-electron chi connectivity index (χ2n) is 5.04. The van der Waals surface area contributed by atoms with Crippen molar-refractivity contribution in [2.45, 2.75) is 32.2 Å². The lowest BCUT2D eigenvalue weighted by molar-refractivity contribution is -0.137. The van der Waals surface area contributed by atoms with Crippen molar-refractivity contribution in [1.82, 2.24) is 15.5 Å². The van der Waals surface area contributed by atoms with Gasteiger partial charge in [-0.2, -0.15) is 0 Å². The van der Waals surface area contributed by atoms with Crippen LogP contribution in [0.3, 0.4) is 0 Å². The van der Waals surface area contributed by atoms with E-state index in [2.05, 4.69) is 20.8 Å². The Morgan fingerprint density at radius 2 is 2.00 bits per heavy atom. The largest absolute Gasteiger partial charge is 0.481 e. The molecule has 1 aromatic heterocycles. The van der Waals surface area contributed by atoms with Crippen molar-refractivity contribution >= 4 is 28.5 Å². The molecule has 2 rings (SSSR count). The number of aromatic nitrogens is 2. The third-order valence-corrected chi connectivity index (χ3v) is 3.87. The number of anilines is 1. The maximum Gasteiger partial charge on any atom is 0.321 e. The lowest BCUT2D eigenvalue weighted by Gasteiger charge is -2.18. The first-order valence-corrected chi connectivity index (χ1v) is 7.98. The smallest absolute Gasteiger partial charge is 0.321 e. The number of carbonyl (C=O) groups excluding carboxylic acids is 1. The molecule has 0 radical (unpaired) electrons. The average molecular weight is 334 g/mol. The van der Waals surface area contributed by atoms with Crippen LogP contribution < -0.4 is 10.6 Å². The maximum atomic E-state index is 12.0. The number of carboxylic acids is 1. The summed E-state index contributed by atoms with van der Waals surface area (Å²) in [7, 11) is 0. The first-order valence-electron chi connectivity index (χ1n) is 7.16. The molecule has 1 atom stereocenters. The Bertz CT molecular complexity index is 660. The molecule has 1 heterocycles. The topological polar surface area (TPSA) is 104 Å². The average Bonchev–Trinajstić information content (AvgIpc) is 2.90. The molecule has 0 fully saturated rings. The molecule has 122 valence electrons. The van der Waals surface area contributed by atoms with Gasteiger partial charge in [0.15, 0.2) is 0 Å². The Morgan fingerprint density at radius 1 is 1.26 bits per heavy atom. The van der Waals surface area contributed by atoms with E-state index in [1.54, 1.807) is 6.92 Å². The van der Waals surface area contributed by atoms with Crippen LogP contribution in [0.15, 0.2) is 30.3 Å². The molecule has 1 unspecified atom stereocenters. The lowest BCUT2D eigenvalue weighted by Crippen LogP contribution is -2.39. The zero-order chi connectivity index (χ0) is 16.7. The standard InChI is InChI=1S/C15H18N4O3S/c1-10-18-19-15(23-10)17-14(22)16-12(7-8-13(20)21)9-11-5-3-2-4-6-11/h2-6,12H,7-9H2,1H3,(H,20,21)(H2,16,17,19,22). The number of urea groups is 1. The fourth-order valence-corrected chi connectivity index (χ4v) is 2.67. The van der Waals surface area contributed by atoms with Crippen molar-refractivity contribution < 1.29 is 14.7 Å². The molecule has 0 aliphatic carbocycles. The van der Waals surface area contributed by atoms with Crippen LogP contribution in [0.4, 0.5) is 9.93 Å². The molecule has 7 nitrogen and oxygen atoms in total. The van der Waals surface area contributed by atoms with Gasteiger partial charge in [-0.05, 0) is 25.3 Å². The Hall–Kier alpha value is -2.48. The first-order chi connectivity index (χ1) is 11.0. The number of rotatable bonds is 7. The van der Waals surface area contributed by atoms with Gasteiger partial charge >= 0.3 is 12.0 Å². The minimum absolute atomic E-state index is 0.00427. The van der Waals surface area contributed by atoms with E-state index < -0.39 is 12.0 Å². The molecule has 23 heavy (non-hydrogen) atoms. The second-order valence-corrected chi connectivity index (χ2v) is 6.23. The first kappa shape index (κ1) is 16.9. The molecule has 0 saturated heterocycles. The molecule has 2 amide bonds. The number of hydrogen-bond donors (Lipinski definition) is 3. The Morgan fingerprint density at radius 3 is 2.61 bits per heavy atom. The van der Waals surface area contributed by atoms with Gasteiger partial charge in [0, 0.05) is 12.5 Å². The van der Waals surface area contributed by atoms with Crippen LogP contribution in [0.25, 0.3) is 0 Å². The predicted octanol–water partition coefficient (Wildman–Crippen LogP) is 2.44. The highest BCUT2D eigenvalue weighted by atomic mass is 32.1. The lowest BCUT2D eigenvalue weighted by atomic mass is 10.0. The van der Waals surface area contributed by atoms with Crippen LogP contribution in [-0.4, -0.2) is 33.3 Å². The number of aryl methyl sites for hydroxylation is 1. The van der Waals surface area contributed by atoms with Crippen molar-refractivity contribution in [1.29, 1.82) is 0 Å². The fourth-order valence-electron chi connectivity index (χ4n) is 2.09. The molecule has 0 aliphatic rings. The van der Waals surface area contributed by atoms with Gasteiger partial charge in [0.05, 0.1) is 0 Å². The number of aliphatic carboxylic acids is 1. The Labute approximate surface area is 137 Å². The van der Waals surface area contributed by atoms with Crippen molar-refractivity contribution in [2.24, 2.45) is 0 Å². The highest BCUT2D eigenvalue weighted by Gasteiger charge is 2.15. The summed E-state index contributed by atoms with van der Waals surface area (Å²) in [5, 5.41) is 23.1. The van der Waals surface area contributed by atoms with E-state index in [4.69, 9.17) is 5.11 Å². The number of amides is 2. The number of carbonyl (C=O) groups is 2. The van der Waals surface area contributed by atoms with Crippen molar-refractivity contribution in [3.05, 3.63) is 40.9 Å². The van der Waals surface area contributed by atoms with Crippen LogP contribution in [-0.2, 0) is 11.2 Å². The van der Waals surface area contributed by atoms with Crippen molar-refractivity contribution in [2.75, 3.05) is 5.32 Å². The molecular formula is C15H18N4O3S. The molecular weight excluding hydrogens is 316 g/mol. The summed E-state index contributed by atoms with van der Waals surface area (Å²) < 4.78 is 0. The molecule has 2 aromatic rings. The quantitative estimate of drug-likeness (QED) is 0.721. The van der Waals surface area contributed by atoms with Crippen LogP contribution >= 0.6 is 11.3 Å². The molecule has 0 aliphatic heterocycles. The van der Waals surface area contributed by atoms with Gasteiger partial charge in [-0.1, -0.05) is 41.7 Å². The molecule has 0 spiro atoms. The van der Waals surface area contributed by atoms with E-state index >= 15 is 0 Å². The summed E-state index contributed by atoms with van der Waals surface area (Å²) in [4.78, 5) is 22.8. The van der Waals surface area contributed by atoms with E-state index in [0.29, 0.717) is 18.0 Å². The highest BCUT2D eigenvalue weighted by molar-refractivity contribution is 7.15. The normalized spacial score (nSPS) is 11.7. The highest BCUT2D eigenvalue weighted by Crippen LogP contribution is 2.14. The summed E-state index contributed by atoms with van der Waals surface area (Å²) in [6.07, 6.45) is 0.916. The van der Waals surface area contributed by atoms with Gasteiger partial charge in [-0.25, -0.2) is 4.79 Å². The van der Waals surface area contributed by atoms with Gasteiger partial charge in [-0.15, -0.1) is 10.2 Å². The maximum absolute atomic E-state index is 12.0. The minimum Gasteiger partial charge on any atom is -0.481 e. The Balaban J connectivity index is 1.95. The fraction of sp³-hybridized carbons (Fsp3) is 0.333. The van der Waals surface area contributed by atoms with E-state index in [0.717, 1.165) is 10.6 Å². The number of nitrogens with zero attached hydrogens (tertiary/aromatic N) is 2. The van der Waals surface area contributed by atoms with E-state index in [9.17, 15) is 9.59 Å². The van der Waals surface area contributed by atoms with Crippen LogP contribution in [0.1, 0.15) is 23.4 Å². The second kappa shape index (κ2) is 8.23. The van der Waals surface area contributed by atoms with Gasteiger partial charge in [0.2, 0.25) is 5.13 Å². The van der Waals surface area contributed by atoms with Gasteiger partial charge in [0.25, 0.3) is 0 Å². The molecule has 0 saturated carbocycles. The molecule has 1 aromatic carbocycles. The number of benzene rings is 1. The van der Waals surface area contributed by atoms with Gasteiger partial charge in [-0.3, -0.25) is 10.1 Å². The molecule has 8 heteroatoms. The monoisotopic (exact) mass is 334 g/mol. The molecule has 3 N–H and O–H groups in total. The van der Waals surface area contributed by atoms with Crippen LogP contribution in [0.5, 0.6) is 0 Å². The summed E-state index contributed by atoms with van der Waals surface area (Å²) >= 11 is 1.28. The number of carboxylic acid groups (broad SMARTS) is 1. The van der Waals surface area contributed by atoms with Crippen molar-refractivity contribution in [3.63, 3.8) is 0 Å². The zero-order valence-electron chi connectivity index (χ0n) is 12.7.